The van der Waals surface area contributed by atoms with Crippen molar-refractivity contribution in [2.75, 3.05) is 0 Å². The van der Waals surface area contributed by atoms with Gasteiger partial charge in [0.1, 0.15) is 0 Å². The van der Waals surface area contributed by atoms with Gasteiger partial charge in [-0.25, -0.2) is 0 Å². The molecule has 0 aliphatic rings. The standard InChI is InChI=1S/C13H19N3/c1-9(2)7-11-5-6-12(15-16-14)8-13(11)10(3)4/h5-6,8-10H,7H2,1-4H3/i10T. The van der Waals surface area contributed by atoms with E-state index in [1.165, 1.54) is 0 Å². The highest BCUT2D eigenvalue weighted by Crippen LogP contribution is 2.26. The van der Waals surface area contributed by atoms with Gasteiger partial charge in [-0.3, -0.25) is 0 Å². The van der Waals surface area contributed by atoms with Crippen LogP contribution in [0.5, 0.6) is 0 Å². The first-order valence-electron chi connectivity index (χ1n) is 6.03. The smallest absolute Gasteiger partial charge is 0.0378 e. The van der Waals surface area contributed by atoms with Gasteiger partial charge in [0, 0.05) is 12.0 Å². The van der Waals surface area contributed by atoms with Gasteiger partial charge in [-0.2, -0.15) is 0 Å². The van der Waals surface area contributed by atoms with Crippen molar-refractivity contribution in [3.63, 3.8) is 0 Å². The summed E-state index contributed by atoms with van der Waals surface area (Å²) in [6.45, 7) is 8.02. The van der Waals surface area contributed by atoms with Crippen molar-refractivity contribution in [3.05, 3.63) is 39.8 Å². The zero-order chi connectivity index (χ0) is 13.1. The van der Waals surface area contributed by atoms with E-state index in [-0.39, 0.29) is 0 Å². The fourth-order valence-corrected chi connectivity index (χ4v) is 1.76. The molecule has 0 N–H and O–H groups in total. The van der Waals surface area contributed by atoms with E-state index in [1.54, 1.807) is 0 Å². The Morgan fingerprint density at radius 3 is 2.56 bits per heavy atom. The Balaban J connectivity index is 3.26. The van der Waals surface area contributed by atoms with Crippen molar-refractivity contribution in [1.82, 2.24) is 0 Å². The van der Waals surface area contributed by atoms with Gasteiger partial charge in [0.15, 0.2) is 0 Å². The molecule has 0 saturated carbocycles. The van der Waals surface area contributed by atoms with E-state index in [4.69, 9.17) is 6.90 Å². The van der Waals surface area contributed by atoms with E-state index in [0.29, 0.717) is 11.6 Å². The SMILES string of the molecule is [3H]C(C)(C)c1cc(N=[N+]=[N-])ccc1CC(C)C. The average Bonchev–Trinajstić information content (AvgIpc) is 2.18. The summed E-state index contributed by atoms with van der Waals surface area (Å²) in [4.78, 5) is 2.78. The molecule has 3 nitrogen and oxygen atoms in total. The van der Waals surface area contributed by atoms with Crippen molar-refractivity contribution in [2.45, 2.75) is 40.0 Å². The van der Waals surface area contributed by atoms with Crippen LogP contribution < -0.4 is 0 Å². The molecule has 0 atom stereocenters. The van der Waals surface area contributed by atoms with Crippen LogP contribution in [-0.4, -0.2) is 0 Å². The monoisotopic (exact) mass is 219 g/mol. The summed E-state index contributed by atoms with van der Waals surface area (Å²) in [5.74, 6) is -0.132. The highest BCUT2D eigenvalue weighted by molar-refractivity contribution is 5.45. The number of rotatable bonds is 4. The zero-order valence-corrected chi connectivity index (χ0v) is 10.4. The molecule has 0 heterocycles. The molecular weight excluding hydrogens is 198 g/mol. The fourth-order valence-electron chi connectivity index (χ4n) is 1.76. The lowest BCUT2D eigenvalue weighted by atomic mass is 9.91. The number of benzene rings is 1. The third-order valence-electron chi connectivity index (χ3n) is 2.42. The van der Waals surface area contributed by atoms with E-state index in [1.807, 2.05) is 32.0 Å². The van der Waals surface area contributed by atoms with Gasteiger partial charge in [-0.05, 0) is 41.0 Å². The van der Waals surface area contributed by atoms with Crippen molar-refractivity contribution in [3.8, 4) is 0 Å². The molecule has 0 aliphatic heterocycles. The Morgan fingerprint density at radius 2 is 2.06 bits per heavy atom. The van der Waals surface area contributed by atoms with Gasteiger partial charge < -0.3 is 0 Å². The van der Waals surface area contributed by atoms with Crippen LogP contribution in [0.1, 0.15) is 46.1 Å². The molecule has 0 saturated heterocycles. The maximum Gasteiger partial charge on any atom is 0.0378 e. The minimum Gasteiger partial charge on any atom is -0.0625 e. The van der Waals surface area contributed by atoms with Crippen LogP contribution in [0.3, 0.4) is 0 Å². The maximum atomic E-state index is 8.44. The number of azide groups is 1. The molecule has 86 valence electrons. The molecule has 0 amide bonds. The van der Waals surface area contributed by atoms with E-state index in [0.717, 1.165) is 17.5 Å². The highest BCUT2D eigenvalue weighted by Gasteiger charge is 2.08. The summed E-state index contributed by atoms with van der Waals surface area (Å²) < 4.78 is 8.15. The predicted molar refractivity (Wildman–Crippen MR) is 67.9 cm³/mol. The van der Waals surface area contributed by atoms with Crippen LogP contribution in [-0.2, 0) is 6.42 Å². The van der Waals surface area contributed by atoms with E-state index in [9.17, 15) is 0 Å². The van der Waals surface area contributed by atoms with E-state index in [2.05, 4.69) is 23.9 Å². The lowest BCUT2D eigenvalue weighted by Gasteiger charge is -2.15. The minimum absolute atomic E-state index is 0.543. The zero-order valence-electron chi connectivity index (χ0n) is 11.4. The van der Waals surface area contributed by atoms with Crippen molar-refractivity contribution < 1.29 is 1.37 Å². The summed E-state index contributed by atoms with van der Waals surface area (Å²) in [6.07, 6.45) is 0.939. The Bertz CT molecular complexity index is 440. The lowest BCUT2D eigenvalue weighted by Crippen LogP contribution is -2.00. The number of hydrogen-bond donors (Lipinski definition) is 0. The van der Waals surface area contributed by atoms with E-state index >= 15 is 0 Å². The largest absolute Gasteiger partial charge is 0.0625 e. The second-order valence-corrected chi connectivity index (χ2v) is 4.63. The third-order valence-corrected chi connectivity index (χ3v) is 2.42. The first-order chi connectivity index (χ1) is 7.84. The number of hydrogen-bond acceptors (Lipinski definition) is 1. The minimum atomic E-state index is -0.675. The molecule has 0 spiro atoms. The number of nitrogens with zero attached hydrogens (tertiary/aromatic N) is 3. The fraction of sp³-hybridized carbons (Fsp3) is 0.538. The molecule has 1 aromatic rings. The van der Waals surface area contributed by atoms with Gasteiger partial charge in [0.25, 0.3) is 0 Å². The van der Waals surface area contributed by atoms with Crippen LogP contribution in [0.4, 0.5) is 5.69 Å². The van der Waals surface area contributed by atoms with Gasteiger partial charge in [-0.1, -0.05) is 44.9 Å². The molecule has 1 aromatic carbocycles. The van der Waals surface area contributed by atoms with Crippen LogP contribution in [0, 0.1) is 5.92 Å². The average molecular weight is 219 g/mol. The molecule has 0 bridgehead atoms. The van der Waals surface area contributed by atoms with Crippen molar-refractivity contribution >= 4 is 5.69 Å². The molecule has 16 heavy (non-hydrogen) atoms. The summed E-state index contributed by atoms with van der Waals surface area (Å²) in [6, 6.07) is 5.60. The topological polar surface area (TPSA) is 48.8 Å². The molecule has 0 unspecified atom stereocenters. The predicted octanol–water partition coefficient (Wildman–Crippen LogP) is 4.95. The molecule has 1 rings (SSSR count). The van der Waals surface area contributed by atoms with Crippen LogP contribution in [0.2, 0.25) is 0 Å². The summed E-state index contributed by atoms with van der Waals surface area (Å²) in [5.41, 5.74) is 11.1. The van der Waals surface area contributed by atoms with Crippen molar-refractivity contribution in [2.24, 2.45) is 11.0 Å². The van der Waals surface area contributed by atoms with Crippen LogP contribution in [0.15, 0.2) is 23.3 Å². The Hall–Kier alpha value is -1.47. The summed E-state index contributed by atoms with van der Waals surface area (Å²) >= 11 is 0. The van der Waals surface area contributed by atoms with Crippen LogP contribution in [0.25, 0.3) is 10.4 Å². The summed E-state index contributed by atoms with van der Waals surface area (Å²) in [7, 11) is 0. The van der Waals surface area contributed by atoms with Gasteiger partial charge in [0.05, 0.1) is 0 Å². The quantitative estimate of drug-likeness (QED) is 0.391. The molecule has 0 fully saturated rings. The molecule has 3 heteroatoms. The molecule has 0 aromatic heterocycles. The van der Waals surface area contributed by atoms with Crippen molar-refractivity contribution in [1.29, 1.82) is 0 Å². The molecular formula is C13H19N3. The first-order valence-corrected chi connectivity index (χ1v) is 5.53. The first kappa shape index (κ1) is 11.0. The van der Waals surface area contributed by atoms with E-state index < -0.39 is 5.89 Å². The Morgan fingerprint density at radius 1 is 1.38 bits per heavy atom. The second kappa shape index (κ2) is 5.57. The van der Waals surface area contributed by atoms with Gasteiger partial charge in [0.2, 0.25) is 0 Å². The lowest BCUT2D eigenvalue weighted by molar-refractivity contribution is 0.638. The normalized spacial score (nSPS) is 12.2. The van der Waals surface area contributed by atoms with Gasteiger partial charge >= 0.3 is 0 Å². The molecule has 0 radical (unpaired) electrons. The Kier molecular flexibility index (Phi) is 3.84. The van der Waals surface area contributed by atoms with Gasteiger partial charge in [-0.15, -0.1) is 0 Å². The summed E-state index contributed by atoms with van der Waals surface area (Å²) in [5, 5.41) is 3.60. The van der Waals surface area contributed by atoms with Crippen LogP contribution >= 0.6 is 0 Å². The highest BCUT2D eigenvalue weighted by atomic mass is 15.1. The second-order valence-electron chi connectivity index (χ2n) is 4.63. The molecule has 0 aliphatic carbocycles. The third kappa shape index (κ3) is 3.28. The maximum absolute atomic E-state index is 8.44. The Labute approximate surface area is 98.5 Å².